The van der Waals surface area contributed by atoms with Crippen molar-refractivity contribution in [2.75, 3.05) is 13.3 Å². The van der Waals surface area contributed by atoms with Crippen LogP contribution in [0.25, 0.3) is 0 Å². The van der Waals surface area contributed by atoms with E-state index in [0.29, 0.717) is 6.42 Å². The predicted octanol–water partition coefficient (Wildman–Crippen LogP) is 5.40. The van der Waals surface area contributed by atoms with E-state index in [1.807, 2.05) is 67.6 Å². The summed E-state index contributed by atoms with van der Waals surface area (Å²) in [7, 11) is 0. The molecule has 0 radical (unpaired) electrons. The van der Waals surface area contributed by atoms with Crippen molar-refractivity contribution >= 4 is 18.2 Å². The molecular formula is C26H32NO6+. The van der Waals surface area contributed by atoms with Crippen molar-refractivity contribution in [1.29, 1.82) is 0 Å². The van der Waals surface area contributed by atoms with Crippen LogP contribution in [0.1, 0.15) is 51.2 Å². The molecule has 7 nitrogen and oxygen atoms in total. The van der Waals surface area contributed by atoms with E-state index in [-0.39, 0.29) is 25.1 Å². The molecule has 0 spiro atoms. The fraction of sp³-hybridized carbons (Fsp3) is 0.423. The second kappa shape index (κ2) is 10.2. The number of hydrogen-bond acceptors (Lipinski definition) is 6. The molecule has 3 rings (SSSR count). The van der Waals surface area contributed by atoms with Crippen LogP contribution in [0.2, 0.25) is 0 Å². The Morgan fingerprint density at radius 1 is 0.879 bits per heavy atom. The molecule has 176 valence electrons. The predicted molar refractivity (Wildman–Crippen MR) is 122 cm³/mol. The molecule has 0 aliphatic carbocycles. The number of imide groups is 1. The molecule has 1 saturated heterocycles. The second-order valence-electron chi connectivity index (χ2n) is 9.49. The number of rotatable bonds is 5. The molecule has 1 aliphatic rings. The summed E-state index contributed by atoms with van der Waals surface area (Å²) in [4.78, 5) is 38.7. The monoisotopic (exact) mass is 454 g/mol. The number of amides is 2. The molecule has 0 N–H and O–H groups in total. The summed E-state index contributed by atoms with van der Waals surface area (Å²) in [6.07, 6.45) is -0.834. The molecule has 0 unspecified atom stereocenters. The Bertz CT molecular complexity index is 969. The standard InChI is InChI=1S/C26H32NO6/c1-19-15-22(21-13-9-6-10-14-21)16-27(19,24(29)31-17-20-11-7-5-8-12-20)25(30)33-18-32-23(28)26(2,3)4/h5-14,19,22H,15-18H2,1-4H3/q+1/t19-,22-,27-/m1/s1. The zero-order valence-corrected chi connectivity index (χ0v) is 19.7. The number of ether oxygens (including phenoxy) is 3. The molecule has 1 fully saturated rings. The van der Waals surface area contributed by atoms with Crippen LogP contribution >= 0.6 is 0 Å². The smallest absolute Gasteiger partial charge is 0.427 e. The fourth-order valence-corrected chi connectivity index (χ4v) is 4.04. The van der Waals surface area contributed by atoms with Gasteiger partial charge in [-0.2, -0.15) is 9.59 Å². The van der Waals surface area contributed by atoms with Crippen molar-refractivity contribution in [2.24, 2.45) is 5.41 Å². The van der Waals surface area contributed by atoms with Crippen molar-refractivity contribution < 1.29 is 33.1 Å². The van der Waals surface area contributed by atoms with E-state index >= 15 is 0 Å². The van der Waals surface area contributed by atoms with Gasteiger partial charge in [-0.05, 0) is 38.8 Å². The Balaban J connectivity index is 1.79. The largest absolute Gasteiger partial charge is 0.529 e. The molecule has 0 bridgehead atoms. The lowest BCUT2D eigenvalue weighted by Crippen LogP contribution is -2.59. The highest BCUT2D eigenvalue weighted by atomic mass is 16.7. The first-order chi connectivity index (χ1) is 15.6. The highest BCUT2D eigenvalue weighted by Crippen LogP contribution is 2.39. The van der Waals surface area contributed by atoms with Crippen molar-refractivity contribution in [2.45, 2.75) is 52.7 Å². The summed E-state index contributed by atoms with van der Waals surface area (Å²) in [6, 6.07) is 18.7. The average molecular weight is 455 g/mol. The van der Waals surface area contributed by atoms with Gasteiger partial charge >= 0.3 is 18.2 Å². The van der Waals surface area contributed by atoms with E-state index in [9.17, 15) is 14.4 Å². The number of esters is 1. The van der Waals surface area contributed by atoms with Crippen LogP contribution in [0.3, 0.4) is 0 Å². The minimum atomic E-state index is -0.777. The van der Waals surface area contributed by atoms with Crippen LogP contribution in [0.5, 0.6) is 0 Å². The number of quaternary nitrogens is 1. The lowest BCUT2D eigenvalue weighted by Gasteiger charge is -2.30. The van der Waals surface area contributed by atoms with Crippen molar-refractivity contribution in [3.63, 3.8) is 0 Å². The van der Waals surface area contributed by atoms with E-state index < -0.39 is 34.8 Å². The Morgan fingerprint density at radius 2 is 1.45 bits per heavy atom. The molecule has 1 heterocycles. The van der Waals surface area contributed by atoms with Gasteiger partial charge < -0.3 is 14.2 Å². The number of carbonyl (C=O) groups excluding carboxylic acids is 3. The second-order valence-corrected chi connectivity index (χ2v) is 9.49. The van der Waals surface area contributed by atoms with Gasteiger partial charge in [-0.25, -0.2) is 0 Å². The van der Waals surface area contributed by atoms with Gasteiger partial charge in [0.1, 0.15) is 19.2 Å². The topological polar surface area (TPSA) is 78.9 Å². The number of likely N-dealkylation sites (tertiary alicyclic amines) is 1. The van der Waals surface area contributed by atoms with Crippen LogP contribution in [0, 0.1) is 5.41 Å². The van der Waals surface area contributed by atoms with E-state index in [4.69, 9.17) is 14.2 Å². The Hall–Kier alpha value is -3.19. The summed E-state index contributed by atoms with van der Waals surface area (Å²) in [6.45, 7) is 6.68. The Morgan fingerprint density at radius 3 is 2.06 bits per heavy atom. The zero-order valence-electron chi connectivity index (χ0n) is 19.7. The first kappa shape index (κ1) is 24.5. The van der Waals surface area contributed by atoms with E-state index in [1.54, 1.807) is 20.8 Å². The number of nitrogens with zero attached hydrogens (tertiary/aromatic N) is 1. The van der Waals surface area contributed by atoms with Gasteiger partial charge in [-0.15, -0.1) is 4.48 Å². The molecule has 2 aromatic carbocycles. The molecule has 3 atom stereocenters. The minimum Gasteiger partial charge on any atom is -0.427 e. The molecule has 0 saturated carbocycles. The van der Waals surface area contributed by atoms with Crippen LogP contribution < -0.4 is 0 Å². The third-order valence-corrected chi connectivity index (χ3v) is 6.00. The van der Waals surface area contributed by atoms with Gasteiger partial charge in [-0.1, -0.05) is 60.7 Å². The highest BCUT2D eigenvalue weighted by Gasteiger charge is 2.59. The van der Waals surface area contributed by atoms with Gasteiger partial charge in [0.05, 0.1) is 5.41 Å². The lowest BCUT2D eigenvalue weighted by molar-refractivity contribution is -0.797. The fourth-order valence-electron chi connectivity index (χ4n) is 4.04. The van der Waals surface area contributed by atoms with Gasteiger partial charge in [0.2, 0.25) is 6.79 Å². The Labute approximate surface area is 194 Å². The summed E-state index contributed by atoms with van der Waals surface area (Å²) >= 11 is 0. The maximum atomic E-state index is 13.4. The molecular weight excluding hydrogens is 422 g/mol. The summed E-state index contributed by atoms with van der Waals surface area (Å²) in [5.74, 6) is -0.514. The molecule has 2 aromatic rings. The van der Waals surface area contributed by atoms with Crippen LogP contribution in [-0.2, 0) is 25.6 Å². The van der Waals surface area contributed by atoms with E-state index in [0.717, 1.165) is 11.1 Å². The first-order valence-electron chi connectivity index (χ1n) is 11.1. The third-order valence-electron chi connectivity index (χ3n) is 6.00. The average Bonchev–Trinajstić information content (AvgIpc) is 3.16. The van der Waals surface area contributed by atoms with Crippen LogP contribution in [-0.4, -0.2) is 42.0 Å². The quantitative estimate of drug-likeness (QED) is 0.342. The SMILES string of the molecule is C[C@@H]1C[C@@H](c2ccccc2)C[N@+]1(C(=O)OCOC(=O)C(C)(C)C)C(=O)OCc1ccccc1. The number of hydrogen-bond donors (Lipinski definition) is 0. The lowest BCUT2D eigenvalue weighted by atomic mass is 9.97. The van der Waals surface area contributed by atoms with Crippen LogP contribution in [0.15, 0.2) is 60.7 Å². The van der Waals surface area contributed by atoms with E-state index in [2.05, 4.69) is 0 Å². The minimum absolute atomic E-state index is 0.0184. The number of benzene rings is 2. The van der Waals surface area contributed by atoms with E-state index in [1.165, 1.54) is 0 Å². The maximum absolute atomic E-state index is 13.4. The van der Waals surface area contributed by atoms with Gasteiger partial charge in [0.15, 0.2) is 0 Å². The van der Waals surface area contributed by atoms with Crippen molar-refractivity contribution in [3.05, 3.63) is 71.8 Å². The Kier molecular flexibility index (Phi) is 7.53. The summed E-state index contributed by atoms with van der Waals surface area (Å²) < 4.78 is 15.4. The molecule has 7 heteroatoms. The van der Waals surface area contributed by atoms with Crippen LogP contribution in [0.4, 0.5) is 9.59 Å². The van der Waals surface area contributed by atoms with Gasteiger partial charge in [0, 0.05) is 12.3 Å². The van der Waals surface area contributed by atoms with Crippen molar-refractivity contribution in [3.8, 4) is 0 Å². The van der Waals surface area contributed by atoms with Gasteiger partial charge in [0.25, 0.3) is 0 Å². The van der Waals surface area contributed by atoms with Gasteiger partial charge in [-0.3, -0.25) is 4.79 Å². The zero-order chi connectivity index (χ0) is 24.1. The molecule has 0 aromatic heterocycles. The highest BCUT2D eigenvalue weighted by molar-refractivity contribution is 5.78. The van der Waals surface area contributed by atoms with Crippen molar-refractivity contribution in [1.82, 2.24) is 0 Å². The number of carbonyl (C=O) groups is 3. The molecule has 33 heavy (non-hydrogen) atoms. The molecule has 2 amide bonds. The normalized spacial score (nSPS) is 22.4. The first-order valence-corrected chi connectivity index (χ1v) is 11.1. The summed E-state index contributed by atoms with van der Waals surface area (Å²) in [5, 5.41) is 0. The summed E-state index contributed by atoms with van der Waals surface area (Å²) in [5.41, 5.74) is 1.14. The molecule has 1 aliphatic heterocycles. The maximum Gasteiger partial charge on any atom is 0.529 e. The third kappa shape index (κ3) is 5.60.